The van der Waals surface area contributed by atoms with Gasteiger partial charge in [-0.25, -0.2) is 13.2 Å². The number of benzene rings is 3. The van der Waals surface area contributed by atoms with Crippen molar-refractivity contribution >= 4 is 38.9 Å². The molecule has 42 heavy (non-hydrogen) atoms. The number of rotatable bonds is 8. The van der Waals surface area contributed by atoms with E-state index in [4.69, 9.17) is 4.74 Å². The molecule has 8 nitrogen and oxygen atoms in total. The molecule has 2 aliphatic heterocycles. The summed E-state index contributed by atoms with van der Waals surface area (Å²) in [6.07, 6.45) is -4.23. The van der Waals surface area contributed by atoms with Crippen LogP contribution >= 0.6 is 0 Å². The van der Waals surface area contributed by atoms with Gasteiger partial charge in [0.2, 0.25) is 10.0 Å². The number of anilines is 1. The predicted octanol–water partition coefficient (Wildman–Crippen LogP) is 5.13. The van der Waals surface area contributed by atoms with Crippen molar-refractivity contribution in [1.29, 1.82) is 0 Å². The number of sulfonamides is 1. The van der Waals surface area contributed by atoms with E-state index in [0.717, 1.165) is 6.08 Å². The minimum Gasteiger partial charge on any atom is -0.508 e. The summed E-state index contributed by atoms with van der Waals surface area (Å²) in [5, 5.41) is 18.2. The minimum atomic E-state index is -4.85. The fraction of sp³-hybridized carbons (Fsp3) is 0.233. The smallest absolute Gasteiger partial charge is 0.407 e. The van der Waals surface area contributed by atoms with Crippen molar-refractivity contribution in [2.45, 2.75) is 30.1 Å². The largest absolute Gasteiger partial charge is 0.508 e. The number of phenolic OH excluding ortho intramolecular Hbond substituents is 2. The fourth-order valence-corrected chi connectivity index (χ4v) is 7.28. The van der Waals surface area contributed by atoms with Crippen LogP contribution in [0.4, 0.5) is 18.9 Å². The third kappa shape index (κ3) is 5.86. The molecule has 0 unspecified atom stereocenters. The number of carbonyl (C=O) groups is 1. The van der Waals surface area contributed by atoms with Crippen LogP contribution in [-0.4, -0.2) is 61.9 Å². The number of aromatic hydroxyl groups is 2. The van der Waals surface area contributed by atoms with E-state index in [1.54, 1.807) is 24.3 Å². The third-order valence-electron chi connectivity index (χ3n) is 7.15. The van der Waals surface area contributed by atoms with Crippen molar-refractivity contribution in [2.24, 2.45) is 0 Å². The maximum atomic E-state index is 14.0. The summed E-state index contributed by atoms with van der Waals surface area (Å²) in [7, 11) is -3.45. The molecule has 0 aromatic heterocycles. The van der Waals surface area contributed by atoms with Crippen LogP contribution in [0.15, 0.2) is 78.9 Å². The normalized spacial score (nSPS) is 20.3. The lowest BCUT2D eigenvalue weighted by Crippen LogP contribution is -2.47. The van der Waals surface area contributed by atoms with Crippen LogP contribution in [0, 0.1) is 0 Å². The number of hydrogen-bond donors (Lipinski definition) is 2. The van der Waals surface area contributed by atoms with Crippen molar-refractivity contribution in [2.75, 3.05) is 18.0 Å². The molecule has 0 amide bonds. The Hall–Kier alpha value is -4.29. The second-order valence-corrected chi connectivity index (χ2v) is 11.9. The van der Waals surface area contributed by atoms with Gasteiger partial charge in [-0.1, -0.05) is 36.4 Å². The van der Waals surface area contributed by atoms with Gasteiger partial charge < -0.3 is 19.7 Å². The highest BCUT2D eigenvalue weighted by Crippen LogP contribution is 2.51. The first kappa shape index (κ1) is 29.2. The van der Waals surface area contributed by atoms with Gasteiger partial charge in [-0.15, -0.1) is 0 Å². The van der Waals surface area contributed by atoms with E-state index in [-0.39, 0.29) is 23.6 Å². The van der Waals surface area contributed by atoms with Gasteiger partial charge >= 0.3 is 12.1 Å². The number of alkyl halides is 3. The molecule has 2 heterocycles. The van der Waals surface area contributed by atoms with Crippen LogP contribution in [0.3, 0.4) is 0 Å². The lowest BCUT2D eigenvalue weighted by atomic mass is 9.83. The Morgan fingerprint density at radius 1 is 0.952 bits per heavy atom. The first-order chi connectivity index (χ1) is 19.9. The second kappa shape index (κ2) is 11.2. The maximum Gasteiger partial charge on any atom is 0.407 e. The quantitative estimate of drug-likeness (QED) is 0.272. The average molecular weight is 602 g/mol. The molecule has 3 aromatic carbocycles. The number of hydrogen-bond acceptors (Lipinski definition) is 7. The molecule has 5 rings (SSSR count). The van der Waals surface area contributed by atoms with Gasteiger partial charge in [0.1, 0.15) is 29.4 Å². The van der Waals surface area contributed by atoms with E-state index in [0.29, 0.717) is 32.1 Å². The molecule has 2 bridgehead atoms. The van der Waals surface area contributed by atoms with Crippen molar-refractivity contribution in [3.8, 4) is 11.5 Å². The maximum absolute atomic E-state index is 14.0. The summed E-state index contributed by atoms with van der Waals surface area (Å²) < 4.78 is 80.4. The van der Waals surface area contributed by atoms with Gasteiger partial charge in [0.05, 0.1) is 18.9 Å². The molecule has 0 saturated carbocycles. The fourth-order valence-electron chi connectivity index (χ4n) is 5.28. The van der Waals surface area contributed by atoms with Crippen LogP contribution in [0.5, 0.6) is 11.5 Å². The number of phenols is 2. The Bertz CT molecular complexity index is 1630. The van der Waals surface area contributed by atoms with Crippen molar-refractivity contribution in [1.82, 2.24) is 0 Å². The van der Waals surface area contributed by atoms with Gasteiger partial charge in [-0.05, 0) is 76.7 Å². The summed E-state index contributed by atoms with van der Waals surface area (Å²) in [5.74, 6) is -0.606. The average Bonchev–Trinajstić information content (AvgIpc) is 3.55. The molecule has 0 aliphatic carbocycles. The summed E-state index contributed by atoms with van der Waals surface area (Å²) in [6, 6.07) is 17.6. The van der Waals surface area contributed by atoms with Gasteiger partial charge in [0.25, 0.3) is 0 Å². The van der Waals surface area contributed by atoms with Crippen molar-refractivity contribution in [3.05, 3.63) is 95.6 Å². The molecular weight excluding hydrogens is 575 g/mol. The number of esters is 1. The topological polar surface area (TPSA) is 113 Å². The molecule has 2 N–H and O–H groups in total. The van der Waals surface area contributed by atoms with Gasteiger partial charge in [-0.2, -0.15) is 13.2 Å². The molecule has 0 radical (unpaired) electrons. The predicted molar refractivity (Wildman–Crippen MR) is 150 cm³/mol. The summed E-state index contributed by atoms with van der Waals surface area (Å²) in [5.41, 5.74) is 2.63. The van der Waals surface area contributed by atoms with Gasteiger partial charge in [0, 0.05) is 6.08 Å². The number of ether oxygens (including phenoxy) is 2. The van der Waals surface area contributed by atoms with Crippen molar-refractivity contribution in [3.63, 3.8) is 0 Å². The van der Waals surface area contributed by atoms with E-state index in [1.165, 1.54) is 61.7 Å². The molecule has 3 aromatic rings. The Kier molecular flexibility index (Phi) is 7.78. The molecule has 2 aliphatic rings. The molecule has 12 heteroatoms. The van der Waals surface area contributed by atoms with Gasteiger partial charge in [0.15, 0.2) is 0 Å². The third-order valence-corrected chi connectivity index (χ3v) is 9.31. The first-order valence-electron chi connectivity index (χ1n) is 12.8. The van der Waals surface area contributed by atoms with E-state index in [2.05, 4.69) is 4.74 Å². The molecule has 1 saturated heterocycles. The molecule has 3 atom stereocenters. The zero-order chi connectivity index (χ0) is 30.2. The van der Waals surface area contributed by atoms with Crippen LogP contribution in [0.2, 0.25) is 0 Å². The first-order valence-corrected chi connectivity index (χ1v) is 14.3. The minimum absolute atomic E-state index is 0.0139. The SMILES string of the molecule is COC(=O)/C=C\c1ccc(N(CC(F)(F)F)S(=O)(=O)[C@@H]2C[C@@H]3O[C@H]2C(c2ccc(O)cc2)=C3c2ccc(O)cc2)cc1. The van der Waals surface area contributed by atoms with E-state index < -0.39 is 46.2 Å². The Labute approximate surface area is 240 Å². The molecular formula is C30H26F3NO7S. The summed E-state index contributed by atoms with van der Waals surface area (Å²) in [6.45, 7) is -1.75. The highest BCUT2D eigenvalue weighted by molar-refractivity contribution is 7.93. The lowest BCUT2D eigenvalue weighted by molar-refractivity contribution is -0.134. The Morgan fingerprint density at radius 2 is 1.50 bits per heavy atom. The van der Waals surface area contributed by atoms with E-state index in [1.807, 2.05) is 0 Å². The Morgan fingerprint density at radius 3 is 2.02 bits per heavy atom. The highest BCUT2D eigenvalue weighted by Gasteiger charge is 2.55. The number of halogens is 3. The van der Waals surface area contributed by atoms with Crippen LogP contribution in [0.25, 0.3) is 17.2 Å². The van der Waals surface area contributed by atoms with Crippen LogP contribution in [-0.2, 0) is 24.3 Å². The lowest BCUT2D eigenvalue weighted by Gasteiger charge is -2.32. The zero-order valence-electron chi connectivity index (χ0n) is 22.2. The summed E-state index contributed by atoms with van der Waals surface area (Å²) >= 11 is 0. The zero-order valence-corrected chi connectivity index (χ0v) is 23.0. The van der Waals surface area contributed by atoms with E-state index >= 15 is 0 Å². The summed E-state index contributed by atoms with van der Waals surface area (Å²) in [4.78, 5) is 11.4. The number of carbonyl (C=O) groups excluding carboxylic acids is 1. The van der Waals surface area contributed by atoms with E-state index in [9.17, 15) is 36.6 Å². The number of methoxy groups -OCH3 is 1. The number of nitrogens with zero attached hydrogens (tertiary/aromatic N) is 1. The van der Waals surface area contributed by atoms with Gasteiger partial charge in [-0.3, -0.25) is 4.31 Å². The van der Waals surface area contributed by atoms with Crippen LogP contribution in [0.1, 0.15) is 23.1 Å². The van der Waals surface area contributed by atoms with Crippen molar-refractivity contribution < 1.29 is 46.1 Å². The Balaban J connectivity index is 1.55. The standard InChI is InChI=1S/C30H26F3NO7S/c1-40-26(37)15-4-18-2-9-21(10-3-18)34(17-30(31,32)33)42(38,39)25-16-24-27(19-5-11-22(35)12-6-19)28(29(25)41-24)20-7-13-23(36)14-8-20/h2-15,24-25,29,35-36H,16-17H2,1H3/b15-4-/t24-,25+,29+/m0/s1. The monoisotopic (exact) mass is 601 g/mol. The molecule has 0 spiro atoms. The molecule has 1 fully saturated rings. The second-order valence-electron chi connectivity index (χ2n) is 9.86. The molecule has 220 valence electrons. The van der Waals surface area contributed by atoms with Crippen LogP contribution < -0.4 is 4.31 Å². The highest BCUT2D eigenvalue weighted by atomic mass is 32.2. The number of fused-ring (bicyclic) bond motifs is 2.